The Morgan fingerprint density at radius 1 is 1.14 bits per heavy atom. The summed E-state index contributed by atoms with van der Waals surface area (Å²) in [6.07, 6.45) is 1.37. The Kier molecular flexibility index (Phi) is 3.45. The van der Waals surface area contributed by atoms with Crippen molar-refractivity contribution in [2.45, 2.75) is 30.7 Å². The van der Waals surface area contributed by atoms with Crippen molar-refractivity contribution in [1.29, 1.82) is 0 Å². The van der Waals surface area contributed by atoms with Gasteiger partial charge in [-0.05, 0) is 55.7 Å². The number of sulfonamides is 1. The Bertz CT molecular complexity index is 759. The molecule has 110 valence electrons. The van der Waals surface area contributed by atoms with Crippen molar-refractivity contribution in [3.05, 3.63) is 59.9 Å². The number of anilines is 1. The summed E-state index contributed by atoms with van der Waals surface area (Å²) in [6, 6.07) is 12.5. The van der Waals surface area contributed by atoms with Gasteiger partial charge in [0.25, 0.3) is 10.0 Å². The summed E-state index contributed by atoms with van der Waals surface area (Å²) in [5.74, 6) is -0.333. The third-order valence-electron chi connectivity index (χ3n) is 3.81. The third kappa shape index (κ3) is 2.42. The quantitative estimate of drug-likeness (QED) is 0.853. The average Bonchev–Trinajstić information content (AvgIpc) is 2.48. The molecule has 2 aromatic rings. The Labute approximate surface area is 124 Å². The van der Waals surface area contributed by atoms with E-state index in [0.29, 0.717) is 18.5 Å². The van der Waals surface area contributed by atoms with Crippen LogP contribution in [0.3, 0.4) is 0 Å². The first-order valence-corrected chi connectivity index (χ1v) is 8.32. The SMILES string of the molecule is C[C@@H]1CCc2cc(F)ccc2N1S(=O)(=O)c1ccccc1. The largest absolute Gasteiger partial charge is 0.264 e. The zero-order valence-electron chi connectivity index (χ0n) is 11.7. The fraction of sp³-hybridized carbons (Fsp3) is 0.250. The molecule has 0 radical (unpaired) electrons. The molecule has 0 unspecified atom stereocenters. The van der Waals surface area contributed by atoms with Gasteiger partial charge >= 0.3 is 0 Å². The second kappa shape index (κ2) is 5.15. The minimum absolute atomic E-state index is 0.145. The van der Waals surface area contributed by atoms with Crippen LogP contribution in [0.1, 0.15) is 18.9 Å². The number of halogens is 1. The van der Waals surface area contributed by atoms with Gasteiger partial charge in [-0.25, -0.2) is 12.8 Å². The lowest BCUT2D eigenvalue weighted by molar-refractivity contribution is 0.560. The van der Waals surface area contributed by atoms with Crippen LogP contribution in [-0.2, 0) is 16.4 Å². The minimum atomic E-state index is -3.63. The van der Waals surface area contributed by atoms with E-state index < -0.39 is 10.0 Å². The molecule has 1 heterocycles. The lowest BCUT2D eigenvalue weighted by atomic mass is 9.99. The van der Waals surface area contributed by atoms with Crippen molar-refractivity contribution in [2.24, 2.45) is 0 Å². The molecule has 1 aliphatic heterocycles. The molecule has 2 aromatic carbocycles. The predicted molar refractivity (Wildman–Crippen MR) is 80.3 cm³/mol. The van der Waals surface area contributed by atoms with E-state index in [0.717, 1.165) is 5.56 Å². The van der Waals surface area contributed by atoms with E-state index in [9.17, 15) is 12.8 Å². The lowest BCUT2D eigenvalue weighted by Gasteiger charge is -2.36. The normalized spacial score (nSPS) is 18.4. The molecule has 21 heavy (non-hydrogen) atoms. The summed E-state index contributed by atoms with van der Waals surface area (Å²) < 4.78 is 40.5. The van der Waals surface area contributed by atoms with E-state index in [1.54, 1.807) is 36.4 Å². The molecule has 0 fully saturated rings. The van der Waals surface area contributed by atoms with Gasteiger partial charge in [0.15, 0.2) is 0 Å². The summed E-state index contributed by atoms with van der Waals surface area (Å²) in [4.78, 5) is 0.258. The Balaban J connectivity index is 2.14. The van der Waals surface area contributed by atoms with Crippen molar-refractivity contribution in [3.8, 4) is 0 Å². The van der Waals surface area contributed by atoms with Crippen molar-refractivity contribution < 1.29 is 12.8 Å². The number of hydrogen-bond acceptors (Lipinski definition) is 2. The highest BCUT2D eigenvalue weighted by Gasteiger charge is 2.33. The average molecular weight is 305 g/mol. The van der Waals surface area contributed by atoms with Crippen molar-refractivity contribution in [1.82, 2.24) is 0 Å². The minimum Gasteiger partial charge on any atom is -0.263 e. The van der Waals surface area contributed by atoms with Gasteiger partial charge in [-0.2, -0.15) is 0 Å². The molecule has 3 rings (SSSR count). The van der Waals surface area contributed by atoms with Gasteiger partial charge in [0.05, 0.1) is 10.6 Å². The Morgan fingerprint density at radius 2 is 1.86 bits per heavy atom. The number of benzene rings is 2. The van der Waals surface area contributed by atoms with Gasteiger partial charge in [-0.3, -0.25) is 4.31 Å². The predicted octanol–water partition coefficient (Wildman–Crippen LogP) is 3.36. The van der Waals surface area contributed by atoms with E-state index >= 15 is 0 Å². The smallest absolute Gasteiger partial charge is 0.263 e. The molecule has 0 aliphatic carbocycles. The second-order valence-corrected chi connectivity index (χ2v) is 7.09. The first-order valence-electron chi connectivity index (χ1n) is 6.88. The fourth-order valence-corrected chi connectivity index (χ4v) is 4.51. The zero-order chi connectivity index (χ0) is 15.0. The van der Waals surface area contributed by atoms with Crippen LogP contribution >= 0.6 is 0 Å². The Hall–Kier alpha value is -1.88. The summed E-state index contributed by atoms with van der Waals surface area (Å²) in [5, 5.41) is 0. The summed E-state index contributed by atoms with van der Waals surface area (Å²) in [7, 11) is -3.63. The zero-order valence-corrected chi connectivity index (χ0v) is 12.5. The first kappa shape index (κ1) is 14.1. The summed E-state index contributed by atoms with van der Waals surface area (Å²) >= 11 is 0. The van der Waals surface area contributed by atoms with E-state index in [1.807, 2.05) is 6.92 Å². The van der Waals surface area contributed by atoms with Crippen LogP contribution in [0.2, 0.25) is 0 Å². The van der Waals surface area contributed by atoms with E-state index in [-0.39, 0.29) is 16.8 Å². The van der Waals surface area contributed by atoms with Crippen molar-refractivity contribution >= 4 is 15.7 Å². The highest BCUT2D eigenvalue weighted by Crippen LogP contribution is 2.35. The maximum atomic E-state index is 13.4. The summed E-state index contributed by atoms with van der Waals surface area (Å²) in [6.45, 7) is 1.88. The van der Waals surface area contributed by atoms with Gasteiger partial charge in [-0.15, -0.1) is 0 Å². The first-order chi connectivity index (χ1) is 10.00. The van der Waals surface area contributed by atoms with Gasteiger partial charge in [-0.1, -0.05) is 18.2 Å². The number of rotatable bonds is 2. The molecule has 0 saturated carbocycles. The highest BCUT2D eigenvalue weighted by molar-refractivity contribution is 7.92. The third-order valence-corrected chi connectivity index (χ3v) is 5.75. The van der Waals surface area contributed by atoms with Crippen LogP contribution in [0.25, 0.3) is 0 Å². The monoisotopic (exact) mass is 305 g/mol. The highest BCUT2D eigenvalue weighted by atomic mass is 32.2. The van der Waals surface area contributed by atoms with Crippen LogP contribution in [0.4, 0.5) is 10.1 Å². The van der Waals surface area contributed by atoms with Crippen molar-refractivity contribution in [2.75, 3.05) is 4.31 Å². The Morgan fingerprint density at radius 3 is 2.57 bits per heavy atom. The molecule has 3 nitrogen and oxygen atoms in total. The molecule has 0 aromatic heterocycles. The van der Waals surface area contributed by atoms with Gasteiger partial charge in [0.2, 0.25) is 0 Å². The number of fused-ring (bicyclic) bond motifs is 1. The molecular weight excluding hydrogens is 289 g/mol. The molecule has 0 amide bonds. The van der Waals surface area contributed by atoms with E-state index in [1.165, 1.54) is 16.4 Å². The summed E-state index contributed by atoms with van der Waals surface area (Å²) in [5.41, 5.74) is 1.33. The molecular formula is C16H16FNO2S. The van der Waals surface area contributed by atoms with Gasteiger partial charge in [0.1, 0.15) is 5.82 Å². The maximum absolute atomic E-state index is 13.4. The van der Waals surface area contributed by atoms with Crippen LogP contribution < -0.4 is 4.31 Å². The van der Waals surface area contributed by atoms with Crippen LogP contribution in [-0.4, -0.2) is 14.5 Å². The molecule has 0 spiro atoms. The topological polar surface area (TPSA) is 37.4 Å². The lowest BCUT2D eigenvalue weighted by Crippen LogP contribution is -2.42. The number of hydrogen-bond donors (Lipinski definition) is 0. The number of nitrogens with zero attached hydrogens (tertiary/aromatic N) is 1. The van der Waals surface area contributed by atoms with Crippen molar-refractivity contribution in [3.63, 3.8) is 0 Å². The molecule has 0 N–H and O–H groups in total. The van der Waals surface area contributed by atoms with Crippen LogP contribution in [0.5, 0.6) is 0 Å². The van der Waals surface area contributed by atoms with Gasteiger partial charge in [0, 0.05) is 6.04 Å². The molecule has 0 saturated heterocycles. The van der Waals surface area contributed by atoms with E-state index in [4.69, 9.17) is 0 Å². The second-order valence-electron chi connectivity index (χ2n) is 5.27. The van der Waals surface area contributed by atoms with Crippen LogP contribution in [0.15, 0.2) is 53.4 Å². The molecule has 0 bridgehead atoms. The standard InChI is InChI=1S/C16H16FNO2S/c1-12-7-8-13-11-14(17)9-10-16(13)18(12)21(19,20)15-5-3-2-4-6-15/h2-6,9-12H,7-8H2,1H3/t12-/m1/s1. The number of aryl methyl sites for hydroxylation is 1. The fourth-order valence-electron chi connectivity index (χ4n) is 2.76. The molecule has 1 aliphatic rings. The van der Waals surface area contributed by atoms with Gasteiger partial charge < -0.3 is 0 Å². The van der Waals surface area contributed by atoms with E-state index in [2.05, 4.69) is 0 Å². The van der Waals surface area contributed by atoms with Crippen LogP contribution in [0, 0.1) is 5.82 Å². The maximum Gasteiger partial charge on any atom is 0.264 e. The molecule has 1 atom stereocenters. The molecule has 5 heteroatoms.